The molecule has 2 heterocycles. The number of nitrogens with zero attached hydrogens (tertiary/aromatic N) is 2. The first-order chi connectivity index (χ1) is 8.34. The van der Waals surface area contributed by atoms with Crippen molar-refractivity contribution in [1.82, 2.24) is 20.2 Å². The Morgan fingerprint density at radius 1 is 1.16 bits per heavy atom. The van der Waals surface area contributed by atoms with E-state index < -0.39 is 0 Å². The summed E-state index contributed by atoms with van der Waals surface area (Å²) >= 11 is 0. The Balaban J connectivity index is 0.000000902. The first-order valence-electron chi connectivity index (χ1n) is 6.24. The lowest BCUT2D eigenvalue weighted by atomic mass is 10.2. The zero-order chi connectivity index (χ0) is 11.7. The maximum absolute atomic E-state index is 4.67. The second-order valence-corrected chi connectivity index (χ2v) is 4.60. The van der Waals surface area contributed by atoms with Crippen molar-refractivity contribution >= 4 is 35.8 Å². The minimum Gasteiger partial charge on any atom is -0.341 e. The van der Waals surface area contributed by atoms with Crippen LogP contribution in [0.2, 0.25) is 0 Å². The molecule has 1 unspecified atom stereocenters. The van der Waals surface area contributed by atoms with E-state index in [0.29, 0.717) is 6.04 Å². The van der Waals surface area contributed by atoms with E-state index in [1.54, 1.807) is 0 Å². The monoisotopic (exact) mass is 302 g/mol. The third kappa shape index (κ3) is 3.39. The Bertz CT molecular complexity index is 475. The molecule has 0 spiro atoms. The largest absolute Gasteiger partial charge is 0.341 e. The number of para-hydroxylation sites is 2. The van der Waals surface area contributed by atoms with Crippen molar-refractivity contribution in [3.63, 3.8) is 0 Å². The molecule has 3 rings (SSSR count). The third-order valence-electron chi connectivity index (χ3n) is 3.50. The molecule has 2 N–H and O–H groups in total. The van der Waals surface area contributed by atoms with Gasteiger partial charge in [-0.25, -0.2) is 4.98 Å². The van der Waals surface area contributed by atoms with E-state index in [-0.39, 0.29) is 24.8 Å². The number of halogens is 2. The molecular formula is C13H20Cl2N4. The second kappa shape index (κ2) is 7.10. The molecule has 19 heavy (non-hydrogen) atoms. The molecule has 4 nitrogen and oxygen atoms in total. The van der Waals surface area contributed by atoms with Gasteiger partial charge in [-0.2, -0.15) is 0 Å². The lowest BCUT2D eigenvalue weighted by Crippen LogP contribution is -2.44. The number of hydrogen-bond acceptors (Lipinski definition) is 3. The van der Waals surface area contributed by atoms with Crippen molar-refractivity contribution in [2.24, 2.45) is 0 Å². The van der Waals surface area contributed by atoms with Crippen molar-refractivity contribution in [2.45, 2.75) is 13.0 Å². The molecule has 2 aromatic rings. The highest BCUT2D eigenvalue weighted by molar-refractivity contribution is 5.85. The van der Waals surface area contributed by atoms with Gasteiger partial charge in [-0.1, -0.05) is 12.1 Å². The van der Waals surface area contributed by atoms with Gasteiger partial charge in [0.25, 0.3) is 0 Å². The van der Waals surface area contributed by atoms with Gasteiger partial charge in [0.15, 0.2) is 0 Å². The van der Waals surface area contributed by atoms with Gasteiger partial charge < -0.3 is 10.3 Å². The van der Waals surface area contributed by atoms with Gasteiger partial charge >= 0.3 is 0 Å². The van der Waals surface area contributed by atoms with E-state index in [4.69, 9.17) is 0 Å². The molecule has 1 fully saturated rings. The highest BCUT2D eigenvalue weighted by Crippen LogP contribution is 2.20. The van der Waals surface area contributed by atoms with E-state index in [2.05, 4.69) is 39.2 Å². The zero-order valence-corrected chi connectivity index (χ0v) is 12.6. The SMILES string of the molecule is CC(c1nc2ccccc2[nH]1)N1CCNCC1.Cl.Cl. The van der Waals surface area contributed by atoms with Crippen molar-refractivity contribution in [2.75, 3.05) is 26.2 Å². The van der Waals surface area contributed by atoms with E-state index in [0.717, 1.165) is 43.0 Å². The fourth-order valence-corrected chi connectivity index (χ4v) is 2.41. The van der Waals surface area contributed by atoms with Crippen LogP contribution in [-0.4, -0.2) is 41.0 Å². The summed E-state index contributed by atoms with van der Waals surface area (Å²) in [6.07, 6.45) is 0. The Hall–Kier alpha value is -0.810. The molecule has 0 bridgehead atoms. The normalized spacial score (nSPS) is 17.5. The number of piperazine rings is 1. The van der Waals surface area contributed by atoms with Crippen LogP contribution >= 0.6 is 24.8 Å². The number of imidazole rings is 1. The summed E-state index contributed by atoms with van der Waals surface area (Å²) < 4.78 is 0. The number of aromatic amines is 1. The standard InChI is InChI=1S/C13H18N4.2ClH/c1-10(17-8-6-14-7-9-17)13-15-11-4-2-3-5-12(11)16-13;;/h2-5,10,14H,6-9H2,1H3,(H,15,16);2*1H. The summed E-state index contributed by atoms with van der Waals surface area (Å²) in [4.78, 5) is 10.6. The number of nitrogens with one attached hydrogen (secondary N) is 2. The highest BCUT2D eigenvalue weighted by Gasteiger charge is 2.20. The Labute approximate surface area is 125 Å². The van der Waals surface area contributed by atoms with Gasteiger partial charge in [0.2, 0.25) is 0 Å². The van der Waals surface area contributed by atoms with Crippen LogP contribution in [0.15, 0.2) is 24.3 Å². The fourth-order valence-electron chi connectivity index (χ4n) is 2.41. The molecule has 6 heteroatoms. The Morgan fingerprint density at radius 3 is 2.53 bits per heavy atom. The van der Waals surface area contributed by atoms with E-state index in [9.17, 15) is 0 Å². The van der Waals surface area contributed by atoms with Gasteiger partial charge in [-0.15, -0.1) is 24.8 Å². The number of aromatic nitrogens is 2. The summed E-state index contributed by atoms with van der Waals surface area (Å²) in [6.45, 7) is 6.56. The van der Waals surface area contributed by atoms with E-state index in [1.807, 2.05) is 12.1 Å². The maximum atomic E-state index is 4.67. The lowest BCUT2D eigenvalue weighted by molar-refractivity contribution is 0.180. The molecule has 106 valence electrons. The van der Waals surface area contributed by atoms with Crippen LogP contribution in [-0.2, 0) is 0 Å². The van der Waals surface area contributed by atoms with Gasteiger partial charge in [0.05, 0.1) is 17.1 Å². The number of benzene rings is 1. The first-order valence-corrected chi connectivity index (χ1v) is 6.24. The van der Waals surface area contributed by atoms with Crippen LogP contribution in [0.5, 0.6) is 0 Å². The summed E-state index contributed by atoms with van der Waals surface area (Å²) in [6, 6.07) is 8.57. The molecule has 1 aromatic carbocycles. The molecule has 1 atom stereocenters. The molecule has 1 saturated heterocycles. The van der Waals surface area contributed by atoms with E-state index >= 15 is 0 Å². The predicted octanol–water partition coefficient (Wildman–Crippen LogP) is 2.37. The van der Waals surface area contributed by atoms with Gasteiger partial charge in [0.1, 0.15) is 5.82 Å². The number of rotatable bonds is 2. The third-order valence-corrected chi connectivity index (χ3v) is 3.50. The topological polar surface area (TPSA) is 44.0 Å². The summed E-state index contributed by atoms with van der Waals surface area (Å²) in [5.74, 6) is 1.08. The Morgan fingerprint density at radius 2 is 1.84 bits per heavy atom. The zero-order valence-electron chi connectivity index (χ0n) is 10.9. The molecule has 1 aromatic heterocycles. The number of hydrogen-bond donors (Lipinski definition) is 2. The molecule has 1 aliphatic heterocycles. The fraction of sp³-hybridized carbons (Fsp3) is 0.462. The van der Waals surface area contributed by atoms with Crippen LogP contribution in [0.4, 0.5) is 0 Å². The van der Waals surface area contributed by atoms with Crippen molar-refractivity contribution in [1.29, 1.82) is 0 Å². The molecule has 0 radical (unpaired) electrons. The van der Waals surface area contributed by atoms with E-state index in [1.165, 1.54) is 0 Å². The van der Waals surface area contributed by atoms with Crippen molar-refractivity contribution < 1.29 is 0 Å². The quantitative estimate of drug-likeness (QED) is 0.895. The second-order valence-electron chi connectivity index (χ2n) is 4.60. The minimum absolute atomic E-state index is 0. The van der Waals surface area contributed by atoms with Crippen LogP contribution < -0.4 is 5.32 Å². The van der Waals surface area contributed by atoms with Gasteiger partial charge in [-0.3, -0.25) is 4.90 Å². The van der Waals surface area contributed by atoms with Crippen LogP contribution in [0, 0.1) is 0 Å². The predicted molar refractivity (Wildman–Crippen MR) is 83.4 cm³/mol. The molecule has 1 aliphatic rings. The molecule has 0 saturated carbocycles. The number of H-pyrrole nitrogens is 1. The van der Waals surface area contributed by atoms with Crippen LogP contribution in [0.25, 0.3) is 11.0 Å². The summed E-state index contributed by atoms with van der Waals surface area (Å²) in [5.41, 5.74) is 2.19. The van der Waals surface area contributed by atoms with Gasteiger partial charge in [-0.05, 0) is 19.1 Å². The smallest absolute Gasteiger partial charge is 0.124 e. The molecule has 0 aliphatic carbocycles. The molecular weight excluding hydrogens is 283 g/mol. The van der Waals surface area contributed by atoms with Gasteiger partial charge in [0, 0.05) is 26.2 Å². The minimum atomic E-state index is 0. The lowest BCUT2D eigenvalue weighted by Gasteiger charge is -2.31. The summed E-state index contributed by atoms with van der Waals surface area (Å²) in [7, 11) is 0. The maximum Gasteiger partial charge on any atom is 0.124 e. The van der Waals surface area contributed by atoms with Crippen molar-refractivity contribution in [3.05, 3.63) is 30.1 Å². The molecule has 0 amide bonds. The first kappa shape index (κ1) is 16.2. The number of fused-ring (bicyclic) bond motifs is 1. The Kier molecular flexibility index (Phi) is 6.07. The average molecular weight is 303 g/mol. The summed E-state index contributed by atoms with van der Waals surface area (Å²) in [5, 5.41) is 3.38. The van der Waals surface area contributed by atoms with Crippen LogP contribution in [0.3, 0.4) is 0 Å². The van der Waals surface area contributed by atoms with Crippen molar-refractivity contribution in [3.8, 4) is 0 Å². The van der Waals surface area contributed by atoms with Crippen LogP contribution in [0.1, 0.15) is 18.8 Å². The highest BCUT2D eigenvalue weighted by atomic mass is 35.5. The average Bonchev–Trinajstić information content (AvgIpc) is 2.82.